The molecule has 1 saturated heterocycles. The summed E-state index contributed by atoms with van der Waals surface area (Å²) < 4.78 is 0. The smallest absolute Gasteiger partial charge is 0.277 e. The topological polar surface area (TPSA) is 66.5 Å². The van der Waals surface area contributed by atoms with E-state index in [9.17, 15) is 14.4 Å². The Morgan fingerprint density at radius 3 is 2.58 bits per heavy atom. The molecule has 1 atom stereocenters. The molecule has 2 rings (SSSR count). The highest BCUT2D eigenvalue weighted by Gasteiger charge is 2.44. The molecule has 1 heterocycles. The van der Waals surface area contributed by atoms with Gasteiger partial charge in [-0.15, -0.1) is 11.8 Å². The van der Waals surface area contributed by atoms with Crippen molar-refractivity contribution in [1.82, 2.24) is 10.2 Å². The average molecular weight is 262 g/mol. The minimum atomic E-state index is -0.685. The zero-order chi connectivity index (χ0) is 13.8. The monoisotopic (exact) mass is 262 g/mol. The van der Waals surface area contributed by atoms with E-state index < -0.39 is 17.9 Å². The van der Waals surface area contributed by atoms with Gasteiger partial charge in [0.05, 0.1) is 0 Å². The Balaban J connectivity index is 2.10. The first-order valence-corrected chi connectivity index (χ1v) is 6.71. The van der Waals surface area contributed by atoms with E-state index in [0.717, 1.165) is 30.6 Å². The molecule has 0 aromatic heterocycles. The fourth-order valence-electron chi connectivity index (χ4n) is 2.84. The molecule has 5 heteroatoms. The molecular formula is C14H18N2O3. The Labute approximate surface area is 112 Å². The quantitative estimate of drug-likeness (QED) is 0.615. The molecule has 0 aromatic rings. The zero-order valence-electron chi connectivity index (χ0n) is 11.1. The van der Waals surface area contributed by atoms with Crippen LogP contribution >= 0.6 is 0 Å². The SMILES string of the molecule is CC#CCCN1C(=O)NC(=O)C(C2CCCC2)C1=O. The van der Waals surface area contributed by atoms with Crippen molar-refractivity contribution >= 4 is 17.8 Å². The first kappa shape index (κ1) is 13.6. The van der Waals surface area contributed by atoms with Crippen LogP contribution in [0.4, 0.5) is 4.79 Å². The van der Waals surface area contributed by atoms with Crippen LogP contribution in [0.25, 0.3) is 0 Å². The number of carbonyl (C=O) groups excluding carboxylic acids is 3. The van der Waals surface area contributed by atoms with Crippen molar-refractivity contribution in [2.45, 2.75) is 39.0 Å². The molecule has 5 nitrogen and oxygen atoms in total. The molecule has 19 heavy (non-hydrogen) atoms. The second-order valence-corrected chi connectivity index (χ2v) is 4.98. The number of barbiturate groups is 1. The molecular weight excluding hydrogens is 244 g/mol. The molecule has 2 aliphatic rings. The predicted molar refractivity (Wildman–Crippen MR) is 68.8 cm³/mol. The summed E-state index contributed by atoms with van der Waals surface area (Å²) in [6, 6.07) is -0.609. The van der Waals surface area contributed by atoms with Gasteiger partial charge in [0.15, 0.2) is 0 Å². The third-order valence-electron chi connectivity index (χ3n) is 3.80. The Morgan fingerprint density at radius 1 is 1.26 bits per heavy atom. The third kappa shape index (κ3) is 2.78. The Hall–Kier alpha value is -1.83. The van der Waals surface area contributed by atoms with Crippen LogP contribution in [0.1, 0.15) is 39.0 Å². The molecule has 4 amide bonds. The minimum absolute atomic E-state index is 0.0837. The van der Waals surface area contributed by atoms with E-state index in [1.54, 1.807) is 6.92 Å². The number of carbonyl (C=O) groups is 3. The van der Waals surface area contributed by atoms with Crippen molar-refractivity contribution in [3.05, 3.63) is 0 Å². The number of nitrogens with one attached hydrogen (secondary N) is 1. The van der Waals surface area contributed by atoms with E-state index in [4.69, 9.17) is 0 Å². The molecule has 1 N–H and O–H groups in total. The predicted octanol–water partition coefficient (Wildman–Crippen LogP) is 1.28. The normalized spacial score (nSPS) is 24.2. The van der Waals surface area contributed by atoms with E-state index in [0.29, 0.717) is 6.42 Å². The van der Waals surface area contributed by atoms with Gasteiger partial charge >= 0.3 is 6.03 Å². The summed E-state index contributed by atoms with van der Waals surface area (Å²) in [5.74, 6) is 4.17. The fraction of sp³-hybridized carbons (Fsp3) is 0.643. The number of hydrogen-bond donors (Lipinski definition) is 1. The minimum Gasteiger partial charge on any atom is -0.277 e. The first-order chi connectivity index (χ1) is 9.15. The maximum absolute atomic E-state index is 12.3. The van der Waals surface area contributed by atoms with Crippen LogP contribution in [0, 0.1) is 23.7 Å². The van der Waals surface area contributed by atoms with Crippen LogP contribution in [0.3, 0.4) is 0 Å². The standard InChI is InChI=1S/C14H18N2O3/c1-2-3-6-9-16-13(18)11(10-7-4-5-8-10)12(17)15-14(16)19/h10-11H,4-9H2,1H3,(H,15,17,19). The Bertz CT molecular complexity index is 455. The van der Waals surface area contributed by atoms with Gasteiger partial charge in [-0.2, -0.15) is 0 Å². The lowest BCUT2D eigenvalue weighted by atomic mass is 9.87. The van der Waals surface area contributed by atoms with Crippen molar-refractivity contribution in [3.8, 4) is 11.8 Å². The van der Waals surface area contributed by atoms with Crippen LogP contribution < -0.4 is 5.32 Å². The van der Waals surface area contributed by atoms with Gasteiger partial charge in [-0.25, -0.2) is 4.79 Å². The fourth-order valence-corrected chi connectivity index (χ4v) is 2.84. The van der Waals surface area contributed by atoms with Gasteiger partial charge in [-0.3, -0.25) is 19.8 Å². The van der Waals surface area contributed by atoms with Gasteiger partial charge in [0.1, 0.15) is 5.92 Å². The molecule has 2 fully saturated rings. The molecule has 1 aliphatic heterocycles. The second kappa shape index (κ2) is 5.87. The lowest BCUT2D eigenvalue weighted by Crippen LogP contribution is -2.59. The highest BCUT2D eigenvalue weighted by Crippen LogP contribution is 2.33. The molecule has 0 aromatic carbocycles. The Morgan fingerprint density at radius 2 is 1.95 bits per heavy atom. The number of amides is 4. The van der Waals surface area contributed by atoms with Crippen LogP contribution in [0.2, 0.25) is 0 Å². The first-order valence-electron chi connectivity index (χ1n) is 6.71. The van der Waals surface area contributed by atoms with E-state index in [-0.39, 0.29) is 18.4 Å². The van der Waals surface area contributed by atoms with Crippen molar-refractivity contribution in [2.24, 2.45) is 11.8 Å². The lowest BCUT2D eigenvalue weighted by Gasteiger charge is -2.32. The summed E-state index contributed by atoms with van der Waals surface area (Å²) in [4.78, 5) is 37.0. The van der Waals surface area contributed by atoms with Crippen molar-refractivity contribution in [3.63, 3.8) is 0 Å². The van der Waals surface area contributed by atoms with Crippen LogP contribution in [-0.2, 0) is 9.59 Å². The summed E-state index contributed by atoms with van der Waals surface area (Å²) in [5, 5.41) is 2.29. The molecule has 1 unspecified atom stereocenters. The summed E-state index contributed by atoms with van der Waals surface area (Å²) in [6.45, 7) is 1.96. The largest absolute Gasteiger partial charge is 0.330 e. The van der Waals surface area contributed by atoms with Crippen molar-refractivity contribution in [1.29, 1.82) is 0 Å². The molecule has 0 radical (unpaired) electrons. The number of hydrogen-bond acceptors (Lipinski definition) is 3. The van der Waals surface area contributed by atoms with Crippen LogP contribution in [0.5, 0.6) is 0 Å². The summed E-state index contributed by atoms with van der Waals surface area (Å²) in [7, 11) is 0. The molecule has 102 valence electrons. The third-order valence-corrected chi connectivity index (χ3v) is 3.80. The number of imide groups is 2. The van der Waals surface area contributed by atoms with Gasteiger partial charge in [0.2, 0.25) is 11.8 Å². The number of urea groups is 1. The highest BCUT2D eigenvalue weighted by atomic mass is 16.2. The van der Waals surface area contributed by atoms with Crippen molar-refractivity contribution < 1.29 is 14.4 Å². The number of nitrogens with zero attached hydrogens (tertiary/aromatic N) is 1. The maximum atomic E-state index is 12.3. The van der Waals surface area contributed by atoms with Crippen LogP contribution in [-0.4, -0.2) is 29.3 Å². The maximum Gasteiger partial charge on any atom is 0.330 e. The highest BCUT2D eigenvalue weighted by molar-refractivity contribution is 6.16. The summed E-state index contributed by atoms with van der Waals surface area (Å²) >= 11 is 0. The van der Waals surface area contributed by atoms with E-state index >= 15 is 0 Å². The second-order valence-electron chi connectivity index (χ2n) is 4.98. The average Bonchev–Trinajstić information content (AvgIpc) is 2.87. The molecule has 1 saturated carbocycles. The van der Waals surface area contributed by atoms with Crippen molar-refractivity contribution in [2.75, 3.05) is 6.54 Å². The van der Waals surface area contributed by atoms with E-state index in [2.05, 4.69) is 17.2 Å². The van der Waals surface area contributed by atoms with Gasteiger partial charge < -0.3 is 0 Å². The van der Waals surface area contributed by atoms with Gasteiger partial charge in [-0.05, 0) is 25.7 Å². The van der Waals surface area contributed by atoms with Gasteiger partial charge in [0, 0.05) is 13.0 Å². The molecule has 0 spiro atoms. The molecule has 0 bridgehead atoms. The van der Waals surface area contributed by atoms with Crippen LogP contribution in [0.15, 0.2) is 0 Å². The number of rotatable bonds is 3. The van der Waals surface area contributed by atoms with Gasteiger partial charge in [-0.1, -0.05) is 12.8 Å². The summed E-state index contributed by atoms with van der Waals surface area (Å²) in [6.07, 6.45) is 4.33. The van der Waals surface area contributed by atoms with E-state index in [1.165, 1.54) is 0 Å². The van der Waals surface area contributed by atoms with Gasteiger partial charge in [0.25, 0.3) is 0 Å². The lowest BCUT2D eigenvalue weighted by molar-refractivity contribution is -0.144. The summed E-state index contributed by atoms with van der Waals surface area (Å²) in [5.41, 5.74) is 0. The zero-order valence-corrected chi connectivity index (χ0v) is 11.1. The van der Waals surface area contributed by atoms with E-state index in [1.807, 2.05) is 0 Å². The molecule has 1 aliphatic carbocycles. The Kier molecular flexibility index (Phi) is 4.20.